The second kappa shape index (κ2) is 11.5. The number of nitrogens with two attached hydrogens (primary N) is 1. The Balaban J connectivity index is 0.00000182. The van der Waals surface area contributed by atoms with Crippen LogP contribution in [0.2, 0.25) is 10.0 Å². The van der Waals surface area contributed by atoms with Crippen LogP contribution in [0.3, 0.4) is 0 Å². The molecule has 1 fully saturated rings. The number of rotatable bonds is 5. The lowest BCUT2D eigenvalue weighted by atomic mass is 9.83. The predicted molar refractivity (Wildman–Crippen MR) is 122 cm³/mol. The number of hydrogen-bond acceptors (Lipinski definition) is 2. The standard InChI is InChI=1S/C21H26Cl2N2.2ClH/c1-15(24)25-10-9-17(11-16-5-3-2-4-6-16)12-20(25)13-18-7-8-19(22)14-21(18)23;;/h2-8,14-15,17,20H,9-13,24H2,1H3;2*1H. The van der Waals surface area contributed by atoms with Crippen molar-refractivity contribution in [1.82, 2.24) is 4.90 Å². The van der Waals surface area contributed by atoms with Crippen LogP contribution in [0.4, 0.5) is 0 Å². The Bertz CT molecular complexity index is 694. The smallest absolute Gasteiger partial charge is 0.0545 e. The van der Waals surface area contributed by atoms with Gasteiger partial charge in [0.15, 0.2) is 0 Å². The molecular formula is C21H28Cl4N2. The van der Waals surface area contributed by atoms with Crippen LogP contribution in [-0.2, 0) is 12.8 Å². The van der Waals surface area contributed by atoms with E-state index >= 15 is 0 Å². The minimum Gasteiger partial charge on any atom is -0.316 e. The Morgan fingerprint density at radius 1 is 1.07 bits per heavy atom. The van der Waals surface area contributed by atoms with Gasteiger partial charge in [0.2, 0.25) is 0 Å². The van der Waals surface area contributed by atoms with Gasteiger partial charge in [-0.15, -0.1) is 24.8 Å². The largest absolute Gasteiger partial charge is 0.316 e. The van der Waals surface area contributed by atoms with E-state index in [1.165, 1.54) is 12.0 Å². The van der Waals surface area contributed by atoms with Crippen molar-refractivity contribution in [2.45, 2.75) is 44.8 Å². The number of piperidine rings is 1. The molecule has 150 valence electrons. The molecule has 0 aliphatic carbocycles. The summed E-state index contributed by atoms with van der Waals surface area (Å²) >= 11 is 12.4. The topological polar surface area (TPSA) is 29.3 Å². The van der Waals surface area contributed by atoms with Gasteiger partial charge < -0.3 is 5.73 Å². The van der Waals surface area contributed by atoms with Crippen molar-refractivity contribution in [3.8, 4) is 0 Å². The number of nitrogens with zero attached hydrogens (tertiary/aromatic N) is 1. The molecule has 2 aromatic carbocycles. The minimum atomic E-state index is 0. The molecule has 1 saturated heterocycles. The Labute approximate surface area is 185 Å². The Kier molecular flexibility index (Phi) is 10.5. The van der Waals surface area contributed by atoms with E-state index in [4.69, 9.17) is 28.9 Å². The monoisotopic (exact) mass is 448 g/mol. The summed E-state index contributed by atoms with van der Waals surface area (Å²) in [4.78, 5) is 2.42. The van der Waals surface area contributed by atoms with E-state index in [0.29, 0.717) is 17.0 Å². The maximum Gasteiger partial charge on any atom is 0.0545 e. The van der Waals surface area contributed by atoms with Crippen LogP contribution in [0.15, 0.2) is 48.5 Å². The van der Waals surface area contributed by atoms with Crippen molar-refractivity contribution in [3.63, 3.8) is 0 Å². The molecule has 2 aromatic rings. The second-order valence-electron chi connectivity index (χ2n) is 7.15. The van der Waals surface area contributed by atoms with Crippen LogP contribution >= 0.6 is 48.0 Å². The lowest BCUT2D eigenvalue weighted by Crippen LogP contribution is -2.51. The molecular weight excluding hydrogens is 422 g/mol. The highest BCUT2D eigenvalue weighted by Crippen LogP contribution is 2.31. The van der Waals surface area contributed by atoms with Crippen molar-refractivity contribution in [1.29, 1.82) is 0 Å². The van der Waals surface area contributed by atoms with Crippen molar-refractivity contribution in [3.05, 3.63) is 69.7 Å². The van der Waals surface area contributed by atoms with Gasteiger partial charge in [0, 0.05) is 22.6 Å². The molecule has 0 saturated carbocycles. The van der Waals surface area contributed by atoms with E-state index in [0.717, 1.165) is 36.4 Å². The molecule has 0 amide bonds. The van der Waals surface area contributed by atoms with Gasteiger partial charge >= 0.3 is 0 Å². The first kappa shape index (κ1) is 24.6. The molecule has 2 N–H and O–H groups in total. The molecule has 0 bridgehead atoms. The third kappa shape index (κ3) is 6.81. The zero-order chi connectivity index (χ0) is 17.8. The Hall–Kier alpha value is -0.480. The third-order valence-electron chi connectivity index (χ3n) is 5.23. The van der Waals surface area contributed by atoms with E-state index in [9.17, 15) is 0 Å². The summed E-state index contributed by atoms with van der Waals surface area (Å²) in [6.07, 6.45) is 4.46. The van der Waals surface area contributed by atoms with Gasteiger partial charge in [-0.05, 0) is 61.8 Å². The van der Waals surface area contributed by atoms with Crippen molar-refractivity contribution in [2.75, 3.05) is 6.54 Å². The van der Waals surface area contributed by atoms with Gasteiger partial charge in [-0.1, -0.05) is 59.6 Å². The van der Waals surface area contributed by atoms with Crippen LogP contribution < -0.4 is 5.73 Å². The highest BCUT2D eigenvalue weighted by atomic mass is 35.5. The van der Waals surface area contributed by atoms with E-state index in [1.807, 2.05) is 18.2 Å². The van der Waals surface area contributed by atoms with Gasteiger partial charge in [0.25, 0.3) is 0 Å². The molecule has 0 aromatic heterocycles. The minimum absolute atomic E-state index is 0. The third-order valence-corrected chi connectivity index (χ3v) is 5.82. The number of hydrogen-bond donors (Lipinski definition) is 1. The van der Waals surface area contributed by atoms with Gasteiger partial charge in [-0.3, -0.25) is 4.90 Å². The fourth-order valence-electron chi connectivity index (χ4n) is 3.96. The molecule has 0 spiro atoms. The number of halogens is 4. The SMILES string of the molecule is CC(N)N1CCC(Cc2ccccc2)CC1Cc1ccc(Cl)cc1Cl.Cl.Cl. The van der Waals surface area contributed by atoms with Crippen LogP contribution in [0, 0.1) is 5.92 Å². The second-order valence-corrected chi connectivity index (χ2v) is 8.00. The van der Waals surface area contributed by atoms with Crippen molar-refractivity contribution >= 4 is 48.0 Å². The molecule has 3 atom stereocenters. The van der Waals surface area contributed by atoms with E-state index < -0.39 is 0 Å². The van der Waals surface area contributed by atoms with Crippen LogP contribution in [0.25, 0.3) is 0 Å². The summed E-state index contributed by atoms with van der Waals surface area (Å²) < 4.78 is 0. The fourth-order valence-corrected chi connectivity index (χ4v) is 4.45. The summed E-state index contributed by atoms with van der Waals surface area (Å²) in [7, 11) is 0. The molecule has 1 aliphatic rings. The Morgan fingerprint density at radius 2 is 1.78 bits per heavy atom. The zero-order valence-corrected chi connectivity index (χ0v) is 18.6. The molecule has 1 aliphatic heterocycles. The van der Waals surface area contributed by atoms with E-state index in [2.05, 4.69) is 42.2 Å². The first-order valence-electron chi connectivity index (χ1n) is 9.02. The number of benzene rings is 2. The quantitative estimate of drug-likeness (QED) is 0.605. The highest BCUT2D eigenvalue weighted by Gasteiger charge is 2.30. The zero-order valence-electron chi connectivity index (χ0n) is 15.5. The maximum absolute atomic E-state index is 6.41. The number of likely N-dealkylation sites (tertiary alicyclic amines) is 1. The fraction of sp³-hybridized carbons (Fsp3) is 0.429. The molecule has 3 rings (SSSR count). The van der Waals surface area contributed by atoms with E-state index in [1.54, 1.807) is 0 Å². The first-order valence-corrected chi connectivity index (χ1v) is 9.77. The highest BCUT2D eigenvalue weighted by molar-refractivity contribution is 6.35. The van der Waals surface area contributed by atoms with Crippen molar-refractivity contribution in [2.24, 2.45) is 11.7 Å². The lowest BCUT2D eigenvalue weighted by Gasteiger charge is -2.42. The molecule has 6 heteroatoms. The van der Waals surface area contributed by atoms with Crippen LogP contribution in [0.5, 0.6) is 0 Å². The molecule has 1 heterocycles. The van der Waals surface area contributed by atoms with Gasteiger partial charge in [-0.25, -0.2) is 0 Å². The average Bonchev–Trinajstić information content (AvgIpc) is 2.58. The van der Waals surface area contributed by atoms with Gasteiger partial charge in [0.1, 0.15) is 0 Å². The van der Waals surface area contributed by atoms with Gasteiger partial charge in [0.05, 0.1) is 6.17 Å². The summed E-state index contributed by atoms with van der Waals surface area (Å²) in [6.45, 7) is 3.12. The van der Waals surface area contributed by atoms with Crippen molar-refractivity contribution < 1.29 is 0 Å². The molecule has 3 unspecified atom stereocenters. The first-order chi connectivity index (χ1) is 12.0. The predicted octanol–water partition coefficient (Wildman–Crippen LogP) is 6.01. The lowest BCUT2D eigenvalue weighted by molar-refractivity contribution is 0.0765. The maximum atomic E-state index is 6.41. The molecule has 0 radical (unpaired) electrons. The van der Waals surface area contributed by atoms with E-state index in [-0.39, 0.29) is 31.0 Å². The average molecular weight is 450 g/mol. The summed E-state index contributed by atoms with van der Waals surface area (Å²) in [5.74, 6) is 0.688. The van der Waals surface area contributed by atoms with Crippen LogP contribution in [-0.4, -0.2) is 23.7 Å². The molecule has 27 heavy (non-hydrogen) atoms. The summed E-state index contributed by atoms with van der Waals surface area (Å²) in [5, 5.41) is 1.44. The normalized spacial score (nSPS) is 21.0. The Morgan fingerprint density at radius 3 is 2.41 bits per heavy atom. The molecule has 2 nitrogen and oxygen atoms in total. The summed E-state index contributed by atoms with van der Waals surface area (Å²) in [6, 6.07) is 17.0. The van der Waals surface area contributed by atoms with Crippen LogP contribution in [0.1, 0.15) is 30.9 Å². The van der Waals surface area contributed by atoms with Gasteiger partial charge in [-0.2, -0.15) is 0 Å². The summed E-state index contributed by atoms with van der Waals surface area (Å²) in [5.41, 5.74) is 8.82.